The molecule has 1 amide bonds. The predicted molar refractivity (Wildman–Crippen MR) is 112 cm³/mol. The van der Waals surface area contributed by atoms with Gasteiger partial charge in [0.05, 0.1) is 4.92 Å². The fraction of sp³-hybridized carbons (Fsp3) is 0.409. The van der Waals surface area contributed by atoms with E-state index in [9.17, 15) is 14.9 Å². The summed E-state index contributed by atoms with van der Waals surface area (Å²) in [5.74, 6) is 0.167. The van der Waals surface area contributed by atoms with Crippen LogP contribution in [0.4, 0.5) is 17.1 Å². The van der Waals surface area contributed by atoms with Gasteiger partial charge >= 0.3 is 0 Å². The lowest BCUT2D eigenvalue weighted by Crippen LogP contribution is -2.34. The summed E-state index contributed by atoms with van der Waals surface area (Å²) >= 11 is 0. The van der Waals surface area contributed by atoms with E-state index in [0.29, 0.717) is 17.2 Å². The Morgan fingerprint density at radius 1 is 1.18 bits per heavy atom. The minimum absolute atomic E-state index is 0.0147. The summed E-state index contributed by atoms with van der Waals surface area (Å²) in [4.78, 5) is 26.1. The lowest BCUT2D eigenvalue weighted by molar-refractivity contribution is -0.384. The zero-order valence-electron chi connectivity index (χ0n) is 16.9. The van der Waals surface area contributed by atoms with Gasteiger partial charge in [0.15, 0.2) is 0 Å². The topological polar surface area (TPSA) is 75.5 Å². The molecule has 1 heterocycles. The van der Waals surface area contributed by atoms with Crippen LogP contribution in [-0.4, -0.2) is 23.9 Å². The second kappa shape index (κ2) is 8.00. The quantitative estimate of drug-likeness (QED) is 0.597. The summed E-state index contributed by atoms with van der Waals surface area (Å²) in [6.07, 6.45) is 2.16. The number of nitrogens with zero attached hydrogens (tertiary/aromatic N) is 2. The molecular weight excluding hydrogens is 354 g/mol. The normalized spacial score (nSPS) is 16.7. The number of nitro benzene ring substituents is 1. The fourth-order valence-corrected chi connectivity index (χ4v) is 4.05. The van der Waals surface area contributed by atoms with E-state index in [2.05, 4.69) is 17.1 Å². The average Bonchev–Trinajstić information content (AvgIpc) is 2.64. The lowest BCUT2D eigenvalue weighted by atomic mass is 9.99. The molecule has 0 spiro atoms. The number of rotatable bonds is 4. The maximum absolute atomic E-state index is 12.8. The molecule has 0 bridgehead atoms. The molecule has 1 atom stereocenters. The maximum atomic E-state index is 12.8. The Bertz CT molecular complexity index is 900. The Labute approximate surface area is 165 Å². The van der Waals surface area contributed by atoms with Gasteiger partial charge in [0, 0.05) is 30.4 Å². The van der Waals surface area contributed by atoms with Crippen LogP contribution in [0.5, 0.6) is 0 Å². The second-order valence-electron chi connectivity index (χ2n) is 7.88. The maximum Gasteiger partial charge on any atom is 0.293 e. The van der Waals surface area contributed by atoms with Gasteiger partial charge in [-0.15, -0.1) is 0 Å². The highest BCUT2D eigenvalue weighted by Gasteiger charge is 2.25. The van der Waals surface area contributed by atoms with Gasteiger partial charge in [0.2, 0.25) is 0 Å². The molecule has 0 saturated carbocycles. The Morgan fingerprint density at radius 3 is 2.46 bits per heavy atom. The Balaban J connectivity index is 1.89. The third-order valence-corrected chi connectivity index (χ3v) is 5.35. The molecule has 0 unspecified atom stereocenters. The first kappa shape index (κ1) is 19.9. The molecule has 1 saturated heterocycles. The van der Waals surface area contributed by atoms with Crippen LogP contribution in [0, 0.1) is 36.8 Å². The lowest BCUT2D eigenvalue weighted by Gasteiger charge is -2.32. The van der Waals surface area contributed by atoms with Crippen molar-refractivity contribution in [2.45, 2.75) is 40.5 Å². The van der Waals surface area contributed by atoms with E-state index in [-0.39, 0.29) is 11.6 Å². The highest BCUT2D eigenvalue weighted by molar-refractivity contribution is 6.06. The van der Waals surface area contributed by atoms with Gasteiger partial charge < -0.3 is 10.2 Å². The summed E-state index contributed by atoms with van der Waals surface area (Å²) < 4.78 is 0. The van der Waals surface area contributed by atoms with Gasteiger partial charge in [-0.1, -0.05) is 24.6 Å². The van der Waals surface area contributed by atoms with Crippen LogP contribution in [0.25, 0.3) is 0 Å². The molecule has 1 aliphatic rings. The molecule has 1 N–H and O–H groups in total. The van der Waals surface area contributed by atoms with Crippen molar-refractivity contribution in [3.05, 3.63) is 62.7 Å². The first-order valence-electron chi connectivity index (χ1n) is 9.69. The molecule has 148 valence electrons. The highest BCUT2D eigenvalue weighted by Crippen LogP contribution is 2.33. The third kappa shape index (κ3) is 4.16. The molecule has 0 aliphatic carbocycles. The van der Waals surface area contributed by atoms with Gasteiger partial charge in [-0.3, -0.25) is 14.9 Å². The van der Waals surface area contributed by atoms with Crippen LogP contribution >= 0.6 is 0 Å². The highest BCUT2D eigenvalue weighted by atomic mass is 16.6. The van der Waals surface area contributed by atoms with Gasteiger partial charge in [0.1, 0.15) is 5.69 Å². The predicted octanol–water partition coefficient (Wildman–Crippen LogP) is 5.01. The van der Waals surface area contributed by atoms with Crippen LogP contribution in [-0.2, 0) is 0 Å². The molecule has 0 aromatic heterocycles. The Kier molecular flexibility index (Phi) is 5.68. The van der Waals surface area contributed by atoms with E-state index in [4.69, 9.17) is 0 Å². The van der Waals surface area contributed by atoms with Gasteiger partial charge in [-0.2, -0.15) is 0 Å². The van der Waals surface area contributed by atoms with E-state index in [0.717, 1.165) is 48.3 Å². The third-order valence-electron chi connectivity index (χ3n) is 5.35. The molecular formula is C22H27N3O3. The first-order valence-corrected chi connectivity index (χ1v) is 9.69. The summed E-state index contributed by atoms with van der Waals surface area (Å²) in [7, 11) is 0. The van der Waals surface area contributed by atoms with Crippen LogP contribution in [0.3, 0.4) is 0 Å². The smallest absolute Gasteiger partial charge is 0.293 e. The zero-order chi connectivity index (χ0) is 20.4. The van der Waals surface area contributed by atoms with Crippen molar-refractivity contribution in [1.82, 2.24) is 0 Å². The standard InChI is InChI=1S/C22H27N3O3/c1-14-6-5-9-24(13-14)19-8-7-18(12-20(19)25(27)28)22(26)23-21-16(3)10-15(2)11-17(21)4/h7-8,10-12,14H,5-6,9,13H2,1-4H3,(H,23,26)/t14-/m1/s1. The minimum atomic E-state index is -0.395. The van der Waals surface area contributed by atoms with Crippen LogP contribution in [0.1, 0.15) is 46.8 Å². The van der Waals surface area contributed by atoms with Crippen LogP contribution in [0.2, 0.25) is 0 Å². The number of nitrogens with one attached hydrogen (secondary N) is 1. The van der Waals surface area contributed by atoms with E-state index in [1.165, 1.54) is 6.07 Å². The molecule has 28 heavy (non-hydrogen) atoms. The molecule has 6 heteroatoms. The molecule has 1 fully saturated rings. The van der Waals surface area contributed by atoms with Crippen molar-refractivity contribution in [3.8, 4) is 0 Å². The monoisotopic (exact) mass is 381 g/mol. The molecule has 2 aromatic rings. The van der Waals surface area contributed by atoms with Crippen molar-refractivity contribution in [2.24, 2.45) is 5.92 Å². The number of anilines is 2. The first-order chi connectivity index (χ1) is 13.3. The fourth-order valence-electron chi connectivity index (χ4n) is 4.05. The molecule has 0 radical (unpaired) electrons. The second-order valence-corrected chi connectivity index (χ2v) is 7.88. The SMILES string of the molecule is Cc1cc(C)c(NC(=O)c2ccc(N3CCC[C@@H](C)C3)c([N+](=O)[O-])c2)c(C)c1. The zero-order valence-corrected chi connectivity index (χ0v) is 16.9. The molecule has 2 aromatic carbocycles. The number of aryl methyl sites for hydroxylation is 3. The summed E-state index contributed by atoms with van der Waals surface area (Å²) in [6, 6.07) is 8.79. The molecule has 1 aliphatic heterocycles. The van der Waals surface area contributed by atoms with Crippen LogP contribution in [0.15, 0.2) is 30.3 Å². The molecule has 6 nitrogen and oxygen atoms in total. The average molecular weight is 381 g/mol. The summed E-state index contributed by atoms with van der Waals surface area (Å²) in [6.45, 7) is 9.66. The number of carbonyl (C=O) groups excluding carboxylic acids is 1. The Hall–Kier alpha value is -2.89. The molecule has 3 rings (SSSR count). The summed E-state index contributed by atoms with van der Waals surface area (Å²) in [5.41, 5.74) is 4.70. The number of nitro groups is 1. The van der Waals surface area contributed by atoms with Gasteiger partial charge in [-0.05, 0) is 62.8 Å². The number of carbonyl (C=O) groups is 1. The minimum Gasteiger partial charge on any atom is -0.366 e. The van der Waals surface area contributed by atoms with Crippen molar-refractivity contribution >= 4 is 23.0 Å². The van der Waals surface area contributed by atoms with Crippen molar-refractivity contribution in [1.29, 1.82) is 0 Å². The van der Waals surface area contributed by atoms with Gasteiger partial charge in [0.25, 0.3) is 11.6 Å². The van der Waals surface area contributed by atoms with E-state index in [1.54, 1.807) is 12.1 Å². The summed E-state index contributed by atoms with van der Waals surface area (Å²) in [5, 5.41) is 14.6. The number of benzene rings is 2. The van der Waals surface area contributed by atoms with E-state index < -0.39 is 4.92 Å². The van der Waals surface area contributed by atoms with Gasteiger partial charge in [-0.25, -0.2) is 0 Å². The van der Waals surface area contributed by atoms with Crippen molar-refractivity contribution < 1.29 is 9.72 Å². The van der Waals surface area contributed by atoms with Crippen LogP contribution < -0.4 is 10.2 Å². The van der Waals surface area contributed by atoms with Crippen molar-refractivity contribution in [3.63, 3.8) is 0 Å². The van der Waals surface area contributed by atoms with E-state index in [1.807, 2.05) is 32.9 Å². The van der Waals surface area contributed by atoms with E-state index >= 15 is 0 Å². The van der Waals surface area contributed by atoms with Crippen molar-refractivity contribution in [2.75, 3.05) is 23.3 Å². The number of hydrogen-bond acceptors (Lipinski definition) is 4. The number of hydrogen-bond donors (Lipinski definition) is 1. The largest absolute Gasteiger partial charge is 0.366 e. The number of piperidine rings is 1. The Morgan fingerprint density at radius 2 is 1.86 bits per heavy atom. The number of amides is 1.